The molecule has 1 saturated carbocycles. The predicted molar refractivity (Wildman–Crippen MR) is 71.8 cm³/mol. The highest BCUT2D eigenvalue weighted by atomic mass is 19.4. The van der Waals surface area contributed by atoms with Gasteiger partial charge >= 0.3 is 6.98 Å². The molecule has 0 aliphatic heterocycles. The van der Waals surface area contributed by atoms with Gasteiger partial charge in [0.05, 0.1) is 5.75 Å². The molecule has 0 spiro atoms. The Morgan fingerprint density at radius 2 is 1.84 bits per heavy atom. The number of halogens is 3. The molecule has 1 aliphatic rings. The van der Waals surface area contributed by atoms with Crippen LogP contribution in [0.1, 0.15) is 39.0 Å². The summed E-state index contributed by atoms with van der Waals surface area (Å²) in [6.07, 6.45) is 5.00. The number of para-hydroxylation sites is 1. The van der Waals surface area contributed by atoms with Crippen LogP contribution < -0.4 is 10.2 Å². The maximum atomic E-state index is 13.0. The van der Waals surface area contributed by atoms with Crippen LogP contribution in [0.25, 0.3) is 0 Å². The van der Waals surface area contributed by atoms with Gasteiger partial charge in [-0.05, 0) is 37.7 Å². The first-order chi connectivity index (χ1) is 9.02. The molecule has 0 saturated heterocycles. The Hall–Kier alpha value is -1.13. The van der Waals surface area contributed by atoms with Crippen LogP contribution in [0.15, 0.2) is 24.3 Å². The summed E-state index contributed by atoms with van der Waals surface area (Å²) in [4.78, 5) is 0. The van der Waals surface area contributed by atoms with E-state index in [9.17, 15) is 12.9 Å². The normalized spacial score (nSPS) is 24.2. The van der Waals surface area contributed by atoms with Crippen LogP contribution in [0.3, 0.4) is 0 Å². The summed E-state index contributed by atoms with van der Waals surface area (Å²) < 4.78 is 44.6. The number of rotatable bonds is 4. The Labute approximate surface area is 112 Å². The highest BCUT2D eigenvalue weighted by Crippen LogP contribution is 2.30. The lowest BCUT2D eigenvalue weighted by molar-refractivity contribution is 0.0911. The molecule has 0 heterocycles. The van der Waals surface area contributed by atoms with E-state index in [1.54, 1.807) is 6.07 Å². The van der Waals surface area contributed by atoms with Gasteiger partial charge in [-0.3, -0.25) is 0 Å². The minimum atomic E-state index is -5.01. The van der Waals surface area contributed by atoms with Crippen molar-refractivity contribution in [1.29, 1.82) is 0 Å². The molecule has 1 nitrogen and oxygen atoms in total. The zero-order valence-electron chi connectivity index (χ0n) is 11.1. The maximum Gasteiger partial charge on any atom is 0.513 e. The lowest BCUT2D eigenvalue weighted by atomic mass is 9.79. The van der Waals surface area contributed by atoms with E-state index >= 15 is 0 Å². The van der Waals surface area contributed by atoms with Crippen molar-refractivity contribution in [2.45, 2.75) is 45.1 Å². The zero-order chi connectivity index (χ0) is 13.9. The monoisotopic (exact) mass is 271 g/mol. The standard InChI is InChI=1S/C14H19BF3O/c1-2-11-7-3-5-9-13(11)19-14-10-6-4-8-12(14)15(16,17)18/h4,6,8,10-11,13H,2-3,5,7,9H2,1H3/q-1. The molecule has 1 aliphatic carbocycles. The third-order valence-electron chi connectivity index (χ3n) is 3.91. The van der Waals surface area contributed by atoms with E-state index < -0.39 is 12.4 Å². The van der Waals surface area contributed by atoms with Crippen molar-refractivity contribution in [3.05, 3.63) is 24.3 Å². The van der Waals surface area contributed by atoms with Gasteiger partial charge in [0, 0.05) is 0 Å². The van der Waals surface area contributed by atoms with E-state index in [2.05, 4.69) is 6.92 Å². The Balaban J connectivity index is 2.18. The first-order valence-corrected chi connectivity index (χ1v) is 6.98. The van der Waals surface area contributed by atoms with E-state index in [4.69, 9.17) is 4.74 Å². The molecular formula is C14H19BF3O-. The van der Waals surface area contributed by atoms with Crippen LogP contribution >= 0.6 is 0 Å². The van der Waals surface area contributed by atoms with Gasteiger partial charge in [-0.15, -0.1) is 0 Å². The Bertz CT molecular complexity index is 419. The van der Waals surface area contributed by atoms with Gasteiger partial charge in [0.25, 0.3) is 0 Å². The van der Waals surface area contributed by atoms with Gasteiger partial charge in [0.15, 0.2) is 0 Å². The van der Waals surface area contributed by atoms with Crippen LogP contribution in [0.2, 0.25) is 0 Å². The van der Waals surface area contributed by atoms with Gasteiger partial charge in [-0.25, -0.2) is 0 Å². The van der Waals surface area contributed by atoms with Crippen molar-refractivity contribution >= 4 is 12.4 Å². The van der Waals surface area contributed by atoms with E-state index in [1.165, 1.54) is 12.1 Å². The summed E-state index contributed by atoms with van der Waals surface area (Å²) in [5.74, 6) is 0.378. The van der Waals surface area contributed by atoms with Crippen LogP contribution in [0.5, 0.6) is 5.75 Å². The summed E-state index contributed by atoms with van der Waals surface area (Å²) in [7, 11) is 0. The average molecular weight is 271 g/mol. The third kappa shape index (κ3) is 3.45. The Kier molecular flexibility index (Phi) is 4.43. The van der Waals surface area contributed by atoms with Crippen LogP contribution in [-0.2, 0) is 0 Å². The van der Waals surface area contributed by atoms with Gasteiger partial charge in [-0.1, -0.05) is 37.0 Å². The van der Waals surface area contributed by atoms with E-state index in [1.807, 2.05) is 0 Å². The van der Waals surface area contributed by atoms with Gasteiger partial charge in [0.2, 0.25) is 0 Å². The van der Waals surface area contributed by atoms with Crippen molar-refractivity contribution in [2.24, 2.45) is 5.92 Å². The number of hydrogen-bond donors (Lipinski definition) is 0. The van der Waals surface area contributed by atoms with Crippen molar-refractivity contribution < 1.29 is 17.7 Å². The van der Waals surface area contributed by atoms with E-state index in [0.29, 0.717) is 5.92 Å². The van der Waals surface area contributed by atoms with Crippen LogP contribution in [0, 0.1) is 5.92 Å². The minimum absolute atomic E-state index is 0.000324. The van der Waals surface area contributed by atoms with Gasteiger partial charge in [-0.2, -0.15) is 0 Å². The minimum Gasteiger partial charge on any atom is -0.493 e. The predicted octanol–water partition coefficient (Wildman–Crippen LogP) is 4.09. The molecule has 0 N–H and O–H groups in total. The van der Waals surface area contributed by atoms with E-state index in [0.717, 1.165) is 38.2 Å². The molecule has 19 heavy (non-hydrogen) atoms. The van der Waals surface area contributed by atoms with Crippen molar-refractivity contribution in [1.82, 2.24) is 0 Å². The molecule has 1 aromatic rings. The van der Waals surface area contributed by atoms with Crippen LogP contribution in [-0.4, -0.2) is 13.1 Å². The van der Waals surface area contributed by atoms with Gasteiger partial charge < -0.3 is 17.7 Å². The molecule has 5 heteroatoms. The Morgan fingerprint density at radius 1 is 1.16 bits per heavy atom. The molecule has 0 radical (unpaired) electrons. The lowest BCUT2D eigenvalue weighted by Gasteiger charge is -2.33. The van der Waals surface area contributed by atoms with Crippen molar-refractivity contribution in [2.75, 3.05) is 0 Å². The van der Waals surface area contributed by atoms with Crippen molar-refractivity contribution in [3.8, 4) is 5.75 Å². The second-order valence-electron chi connectivity index (χ2n) is 5.22. The fraction of sp³-hybridized carbons (Fsp3) is 0.571. The molecule has 2 rings (SSSR count). The number of hydrogen-bond acceptors (Lipinski definition) is 1. The molecule has 0 aromatic heterocycles. The molecule has 0 amide bonds. The zero-order valence-corrected chi connectivity index (χ0v) is 11.1. The largest absolute Gasteiger partial charge is 0.513 e. The maximum absolute atomic E-state index is 13.0. The summed E-state index contributed by atoms with van der Waals surface area (Å²) in [5, 5.41) is 0. The second-order valence-corrected chi connectivity index (χ2v) is 5.22. The smallest absolute Gasteiger partial charge is 0.493 e. The topological polar surface area (TPSA) is 9.23 Å². The second kappa shape index (κ2) is 5.89. The van der Waals surface area contributed by atoms with Crippen LogP contribution in [0.4, 0.5) is 12.9 Å². The third-order valence-corrected chi connectivity index (χ3v) is 3.91. The number of benzene rings is 1. The summed E-state index contributed by atoms with van der Waals surface area (Å²) in [6.45, 7) is -2.94. The molecule has 2 unspecified atom stereocenters. The molecule has 1 aromatic carbocycles. The lowest BCUT2D eigenvalue weighted by Crippen LogP contribution is -2.38. The van der Waals surface area contributed by atoms with Gasteiger partial charge in [0.1, 0.15) is 6.10 Å². The Morgan fingerprint density at radius 3 is 2.53 bits per heavy atom. The highest BCUT2D eigenvalue weighted by molar-refractivity contribution is 6.74. The van der Waals surface area contributed by atoms with E-state index in [-0.39, 0.29) is 11.9 Å². The molecule has 2 atom stereocenters. The quantitative estimate of drug-likeness (QED) is 0.749. The summed E-state index contributed by atoms with van der Waals surface area (Å²) in [5.41, 5.74) is -0.608. The first kappa shape index (κ1) is 14.3. The summed E-state index contributed by atoms with van der Waals surface area (Å²) >= 11 is 0. The molecule has 106 valence electrons. The SMILES string of the molecule is CCC1CCCCC1Oc1ccccc1[B-](F)(F)F. The molecular weight excluding hydrogens is 252 g/mol. The van der Waals surface area contributed by atoms with Crippen molar-refractivity contribution in [3.63, 3.8) is 0 Å². The first-order valence-electron chi connectivity index (χ1n) is 6.98. The molecule has 1 fully saturated rings. The fourth-order valence-corrected chi connectivity index (χ4v) is 2.82. The fourth-order valence-electron chi connectivity index (χ4n) is 2.82. The number of ether oxygens (including phenoxy) is 1. The highest BCUT2D eigenvalue weighted by Gasteiger charge is 2.31. The average Bonchev–Trinajstić information content (AvgIpc) is 2.39. The summed E-state index contributed by atoms with van der Waals surface area (Å²) in [6, 6.07) is 5.56. The molecule has 0 bridgehead atoms.